The number of hydrogen-bond donors (Lipinski definition) is 2. The second-order valence-electron chi connectivity index (χ2n) is 4.01. The molecule has 0 saturated carbocycles. The minimum absolute atomic E-state index is 0.268. The molecule has 0 bridgehead atoms. The summed E-state index contributed by atoms with van der Waals surface area (Å²) in [6.45, 7) is 2.81. The third-order valence-electron chi connectivity index (χ3n) is 2.53. The Kier molecular flexibility index (Phi) is 3.69. The lowest BCUT2D eigenvalue weighted by atomic mass is 10.2. The summed E-state index contributed by atoms with van der Waals surface area (Å²) in [5.41, 5.74) is 3.47. The van der Waals surface area contributed by atoms with Crippen molar-refractivity contribution in [3.05, 3.63) is 58.1 Å². The van der Waals surface area contributed by atoms with Crippen molar-refractivity contribution in [3.63, 3.8) is 0 Å². The van der Waals surface area contributed by atoms with Crippen molar-refractivity contribution in [1.82, 2.24) is 0 Å². The Hall–Kier alpha value is -1.48. The van der Waals surface area contributed by atoms with E-state index in [9.17, 15) is 5.11 Å². The van der Waals surface area contributed by atoms with Gasteiger partial charge < -0.3 is 10.4 Å². The third kappa shape index (κ3) is 3.24. The first-order valence-corrected chi connectivity index (χ1v) is 6.22. The molecule has 0 amide bonds. The average molecular weight is 292 g/mol. The molecule has 0 radical (unpaired) electrons. The van der Waals surface area contributed by atoms with Crippen LogP contribution in [0.3, 0.4) is 0 Å². The first-order valence-electron chi connectivity index (χ1n) is 5.43. The van der Waals surface area contributed by atoms with Gasteiger partial charge in [0.05, 0.1) is 4.47 Å². The van der Waals surface area contributed by atoms with Crippen LogP contribution < -0.4 is 5.32 Å². The van der Waals surface area contributed by atoms with E-state index in [1.54, 1.807) is 6.07 Å². The van der Waals surface area contributed by atoms with Gasteiger partial charge in [-0.05, 0) is 58.2 Å². The van der Waals surface area contributed by atoms with Gasteiger partial charge >= 0.3 is 0 Å². The smallest absolute Gasteiger partial charge is 0.129 e. The zero-order chi connectivity index (χ0) is 12.3. The van der Waals surface area contributed by atoms with Gasteiger partial charge in [-0.3, -0.25) is 0 Å². The SMILES string of the molecule is Cc1cccc(NCc2ccc(O)c(Br)c2)c1. The van der Waals surface area contributed by atoms with E-state index in [0.717, 1.165) is 22.3 Å². The molecule has 0 heterocycles. The molecular formula is C14H14BrNO. The van der Waals surface area contributed by atoms with E-state index in [0.29, 0.717) is 0 Å². The topological polar surface area (TPSA) is 32.3 Å². The lowest BCUT2D eigenvalue weighted by Crippen LogP contribution is -1.99. The van der Waals surface area contributed by atoms with Crippen LogP contribution >= 0.6 is 15.9 Å². The molecule has 0 aliphatic rings. The highest BCUT2D eigenvalue weighted by Crippen LogP contribution is 2.24. The molecule has 88 valence electrons. The maximum atomic E-state index is 9.40. The summed E-state index contributed by atoms with van der Waals surface area (Å²) in [6, 6.07) is 13.8. The van der Waals surface area contributed by atoms with Crippen molar-refractivity contribution in [2.45, 2.75) is 13.5 Å². The highest BCUT2D eigenvalue weighted by molar-refractivity contribution is 9.10. The number of halogens is 1. The molecule has 3 heteroatoms. The molecule has 17 heavy (non-hydrogen) atoms. The molecule has 0 aromatic heterocycles. The van der Waals surface area contributed by atoms with Crippen LogP contribution in [0.5, 0.6) is 5.75 Å². The van der Waals surface area contributed by atoms with Crippen molar-refractivity contribution < 1.29 is 5.11 Å². The van der Waals surface area contributed by atoms with E-state index in [4.69, 9.17) is 0 Å². The second kappa shape index (κ2) is 5.23. The van der Waals surface area contributed by atoms with Crippen LogP contribution in [0.25, 0.3) is 0 Å². The highest BCUT2D eigenvalue weighted by Gasteiger charge is 1.99. The predicted octanol–water partition coefficient (Wildman–Crippen LogP) is 4.08. The van der Waals surface area contributed by atoms with E-state index in [1.165, 1.54) is 5.56 Å². The van der Waals surface area contributed by atoms with Crippen LogP contribution in [0.2, 0.25) is 0 Å². The van der Waals surface area contributed by atoms with Crippen LogP contribution in [-0.2, 0) is 6.54 Å². The molecule has 0 spiro atoms. The van der Waals surface area contributed by atoms with Crippen molar-refractivity contribution in [3.8, 4) is 5.75 Å². The van der Waals surface area contributed by atoms with Gasteiger partial charge in [-0.2, -0.15) is 0 Å². The maximum Gasteiger partial charge on any atom is 0.129 e. The molecule has 0 unspecified atom stereocenters. The van der Waals surface area contributed by atoms with Gasteiger partial charge in [-0.1, -0.05) is 18.2 Å². The normalized spacial score (nSPS) is 10.2. The summed E-state index contributed by atoms with van der Waals surface area (Å²) >= 11 is 3.31. The Morgan fingerprint density at radius 2 is 2.00 bits per heavy atom. The standard InChI is InChI=1S/C14H14BrNO/c1-10-3-2-4-12(7-10)16-9-11-5-6-14(17)13(15)8-11/h2-8,16-17H,9H2,1H3. The third-order valence-corrected chi connectivity index (χ3v) is 3.16. The minimum atomic E-state index is 0.268. The summed E-state index contributed by atoms with van der Waals surface area (Å²) in [4.78, 5) is 0. The van der Waals surface area contributed by atoms with Gasteiger partial charge in [-0.25, -0.2) is 0 Å². The van der Waals surface area contributed by atoms with Gasteiger partial charge in [0, 0.05) is 12.2 Å². The van der Waals surface area contributed by atoms with E-state index >= 15 is 0 Å². The first-order chi connectivity index (χ1) is 8.15. The lowest BCUT2D eigenvalue weighted by Gasteiger charge is -2.08. The van der Waals surface area contributed by atoms with Gasteiger partial charge in [0.1, 0.15) is 5.75 Å². The van der Waals surface area contributed by atoms with Crippen LogP contribution in [0.1, 0.15) is 11.1 Å². The van der Waals surface area contributed by atoms with Crippen molar-refractivity contribution in [1.29, 1.82) is 0 Å². The summed E-state index contributed by atoms with van der Waals surface area (Å²) in [6.07, 6.45) is 0. The van der Waals surface area contributed by atoms with Gasteiger partial charge in [-0.15, -0.1) is 0 Å². The lowest BCUT2D eigenvalue weighted by molar-refractivity contribution is 0.471. The first kappa shape index (κ1) is 12.0. The number of phenolic OH excluding ortho intramolecular Hbond substituents is 1. The number of nitrogens with one attached hydrogen (secondary N) is 1. The monoisotopic (exact) mass is 291 g/mol. The Morgan fingerprint density at radius 3 is 2.71 bits per heavy atom. The van der Waals surface area contributed by atoms with E-state index in [-0.39, 0.29) is 5.75 Å². The molecule has 2 aromatic rings. The number of aryl methyl sites for hydroxylation is 1. The zero-order valence-electron chi connectivity index (χ0n) is 9.57. The molecule has 2 nitrogen and oxygen atoms in total. The fourth-order valence-corrected chi connectivity index (χ4v) is 2.05. The van der Waals surface area contributed by atoms with Gasteiger partial charge in [0.25, 0.3) is 0 Å². The molecule has 2 aromatic carbocycles. The summed E-state index contributed by atoms with van der Waals surface area (Å²) < 4.78 is 0.723. The van der Waals surface area contributed by atoms with E-state index in [1.807, 2.05) is 24.3 Å². The Morgan fingerprint density at radius 1 is 1.18 bits per heavy atom. The van der Waals surface area contributed by atoms with Gasteiger partial charge in [0.2, 0.25) is 0 Å². The molecule has 0 atom stereocenters. The number of aromatic hydroxyl groups is 1. The van der Waals surface area contributed by atoms with Crippen molar-refractivity contribution in [2.75, 3.05) is 5.32 Å². The Balaban J connectivity index is 2.05. The van der Waals surface area contributed by atoms with Crippen LogP contribution in [0.4, 0.5) is 5.69 Å². The molecule has 2 rings (SSSR count). The minimum Gasteiger partial charge on any atom is -0.507 e. The summed E-state index contributed by atoms with van der Waals surface area (Å²) in [5, 5.41) is 12.7. The summed E-state index contributed by atoms with van der Waals surface area (Å²) in [7, 11) is 0. The fraction of sp³-hybridized carbons (Fsp3) is 0.143. The van der Waals surface area contributed by atoms with E-state index in [2.05, 4.69) is 40.3 Å². The quantitative estimate of drug-likeness (QED) is 0.893. The van der Waals surface area contributed by atoms with Gasteiger partial charge in [0.15, 0.2) is 0 Å². The second-order valence-corrected chi connectivity index (χ2v) is 4.86. The Labute approximate surface area is 109 Å². The zero-order valence-corrected chi connectivity index (χ0v) is 11.2. The average Bonchev–Trinajstić information content (AvgIpc) is 2.31. The van der Waals surface area contributed by atoms with Crippen LogP contribution in [0.15, 0.2) is 46.9 Å². The number of rotatable bonds is 3. The van der Waals surface area contributed by atoms with E-state index < -0.39 is 0 Å². The van der Waals surface area contributed by atoms with Crippen LogP contribution in [-0.4, -0.2) is 5.11 Å². The molecule has 0 aliphatic heterocycles. The van der Waals surface area contributed by atoms with Crippen molar-refractivity contribution >= 4 is 21.6 Å². The number of benzene rings is 2. The largest absolute Gasteiger partial charge is 0.507 e. The Bertz CT molecular complexity index is 525. The molecule has 0 fully saturated rings. The fourth-order valence-electron chi connectivity index (χ4n) is 1.62. The molecule has 2 N–H and O–H groups in total. The molecule has 0 aliphatic carbocycles. The van der Waals surface area contributed by atoms with Crippen molar-refractivity contribution in [2.24, 2.45) is 0 Å². The predicted molar refractivity (Wildman–Crippen MR) is 74.3 cm³/mol. The molecular weight excluding hydrogens is 278 g/mol. The summed E-state index contributed by atoms with van der Waals surface area (Å²) in [5.74, 6) is 0.268. The molecule has 0 saturated heterocycles. The highest BCUT2D eigenvalue weighted by atomic mass is 79.9. The number of phenols is 1. The number of hydrogen-bond acceptors (Lipinski definition) is 2. The maximum absolute atomic E-state index is 9.40. The van der Waals surface area contributed by atoms with Crippen LogP contribution in [0, 0.1) is 6.92 Å². The number of anilines is 1.